The average Bonchev–Trinajstić information content (AvgIpc) is 2.46. The van der Waals surface area contributed by atoms with Gasteiger partial charge in [-0.25, -0.2) is 0 Å². The summed E-state index contributed by atoms with van der Waals surface area (Å²) in [5, 5.41) is 0. The molecule has 0 fully saturated rings. The molecule has 2 heteroatoms. The summed E-state index contributed by atoms with van der Waals surface area (Å²) in [5.41, 5.74) is 2.60. The summed E-state index contributed by atoms with van der Waals surface area (Å²) in [5.74, 6) is 0.946. The maximum atomic E-state index is 5.84. The normalized spacial score (nSPS) is 12.4. The minimum absolute atomic E-state index is 0.390. The van der Waals surface area contributed by atoms with E-state index in [0.29, 0.717) is 6.04 Å². The molecule has 0 radical (unpaired) electrons. The fourth-order valence-electron chi connectivity index (χ4n) is 2.32. The van der Waals surface area contributed by atoms with E-state index < -0.39 is 0 Å². The molecule has 0 amide bonds. The molecule has 1 unspecified atom stereocenters. The second kappa shape index (κ2) is 7.11. The number of ether oxygens (including phenoxy) is 1. The van der Waals surface area contributed by atoms with Crippen LogP contribution in [0.1, 0.15) is 23.6 Å². The maximum absolute atomic E-state index is 5.84. The molecule has 2 aromatic rings. The first kappa shape index (κ1) is 14.6. The number of benzene rings is 2. The van der Waals surface area contributed by atoms with Gasteiger partial charge in [0, 0.05) is 12.5 Å². The Bertz CT molecular complexity index is 505. The Labute approximate surface area is 122 Å². The van der Waals surface area contributed by atoms with Crippen molar-refractivity contribution in [3.8, 4) is 5.75 Å². The van der Waals surface area contributed by atoms with Gasteiger partial charge < -0.3 is 9.64 Å². The Balaban J connectivity index is 1.91. The van der Waals surface area contributed by atoms with E-state index in [1.807, 2.05) is 12.1 Å². The maximum Gasteiger partial charge on any atom is 0.119 e. The van der Waals surface area contributed by atoms with Crippen molar-refractivity contribution < 1.29 is 4.74 Å². The van der Waals surface area contributed by atoms with Crippen LogP contribution < -0.4 is 4.74 Å². The fourth-order valence-corrected chi connectivity index (χ4v) is 2.32. The Hall–Kier alpha value is -1.80. The van der Waals surface area contributed by atoms with E-state index in [1.165, 1.54) is 11.1 Å². The van der Waals surface area contributed by atoms with E-state index in [-0.39, 0.29) is 0 Å². The van der Waals surface area contributed by atoms with Crippen molar-refractivity contribution in [2.24, 2.45) is 0 Å². The van der Waals surface area contributed by atoms with Crippen molar-refractivity contribution in [2.45, 2.75) is 19.4 Å². The molecule has 2 aromatic carbocycles. The van der Waals surface area contributed by atoms with Crippen molar-refractivity contribution >= 4 is 0 Å². The fraction of sp³-hybridized carbons (Fsp3) is 0.333. The number of hydrogen-bond acceptors (Lipinski definition) is 2. The molecule has 0 bridgehead atoms. The highest BCUT2D eigenvalue weighted by molar-refractivity contribution is 5.26. The molecule has 0 saturated carbocycles. The molecule has 106 valence electrons. The zero-order valence-corrected chi connectivity index (χ0v) is 12.5. The highest BCUT2D eigenvalue weighted by Crippen LogP contribution is 2.22. The first-order chi connectivity index (χ1) is 9.66. The zero-order valence-electron chi connectivity index (χ0n) is 12.5. The van der Waals surface area contributed by atoms with Crippen LogP contribution in [0.25, 0.3) is 0 Å². The predicted molar refractivity (Wildman–Crippen MR) is 84.2 cm³/mol. The van der Waals surface area contributed by atoms with Gasteiger partial charge in [-0.2, -0.15) is 0 Å². The SMILES string of the molecule is Cc1ccc(OCCC(c2ccccc2)N(C)C)cc1. The van der Waals surface area contributed by atoms with E-state index >= 15 is 0 Å². The average molecular weight is 269 g/mol. The van der Waals surface area contributed by atoms with E-state index in [1.54, 1.807) is 0 Å². The zero-order chi connectivity index (χ0) is 14.4. The molecule has 0 aliphatic rings. The van der Waals surface area contributed by atoms with Gasteiger partial charge >= 0.3 is 0 Å². The molecule has 0 aliphatic carbocycles. The molecule has 0 aromatic heterocycles. The van der Waals surface area contributed by atoms with E-state index in [4.69, 9.17) is 4.74 Å². The van der Waals surface area contributed by atoms with E-state index in [0.717, 1.165) is 18.8 Å². The number of nitrogens with zero attached hydrogens (tertiary/aromatic N) is 1. The smallest absolute Gasteiger partial charge is 0.119 e. The highest BCUT2D eigenvalue weighted by Gasteiger charge is 2.13. The first-order valence-electron chi connectivity index (χ1n) is 7.07. The summed E-state index contributed by atoms with van der Waals surface area (Å²) in [6.07, 6.45) is 0.977. The molecule has 0 heterocycles. The van der Waals surface area contributed by atoms with Crippen molar-refractivity contribution in [3.05, 3.63) is 65.7 Å². The lowest BCUT2D eigenvalue weighted by Crippen LogP contribution is -2.22. The van der Waals surface area contributed by atoms with Gasteiger partial charge in [-0.05, 0) is 38.7 Å². The van der Waals surface area contributed by atoms with Gasteiger partial charge in [-0.3, -0.25) is 0 Å². The largest absolute Gasteiger partial charge is 0.494 e. The summed E-state index contributed by atoms with van der Waals surface area (Å²) in [6, 6.07) is 19.2. The molecule has 2 nitrogen and oxygen atoms in total. The summed E-state index contributed by atoms with van der Waals surface area (Å²) in [7, 11) is 4.23. The Morgan fingerprint density at radius 2 is 1.60 bits per heavy atom. The summed E-state index contributed by atoms with van der Waals surface area (Å²) in [6.45, 7) is 2.81. The minimum Gasteiger partial charge on any atom is -0.494 e. The molecule has 0 aliphatic heterocycles. The highest BCUT2D eigenvalue weighted by atomic mass is 16.5. The molecule has 0 spiro atoms. The lowest BCUT2D eigenvalue weighted by atomic mass is 10.0. The van der Waals surface area contributed by atoms with Crippen molar-refractivity contribution in [1.82, 2.24) is 4.90 Å². The monoisotopic (exact) mass is 269 g/mol. The lowest BCUT2D eigenvalue weighted by molar-refractivity contribution is 0.223. The van der Waals surface area contributed by atoms with Gasteiger partial charge in [-0.1, -0.05) is 48.0 Å². The van der Waals surface area contributed by atoms with Crippen LogP contribution in [-0.4, -0.2) is 25.6 Å². The van der Waals surface area contributed by atoms with Gasteiger partial charge in [0.05, 0.1) is 6.61 Å². The number of rotatable bonds is 6. The minimum atomic E-state index is 0.390. The van der Waals surface area contributed by atoms with Crippen molar-refractivity contribution in [2.75, 3.05) is 20.7 Å². The van der Waals surface area contributed by atoms with Crippen molar-refractivity contribution in [1.29, 1.82) is 0 Å². The standard InChI is InChI=1S/C18H23NO/c1-15-9-11-17(12-10-15)20-14-13-18(19(2)3)16-7-5-4-6-8-16/h4-12,18H,13-14H2,1-3H3. The Morgan fingerprint density at radius 3 is 2.20 bits per heavy atom. The van der Waals surface area contributed by atoms with Gasteiger partial charge in [0.25, 0.3) is 0 Å². The molecular formula is C18H23NO. The second-order valence-electron chi connectivity index (χ2n) is 5.34. The Morgan fingerprint density at radius 1 is 0.950 bits per heavy atom. The van der Waals surface area contributed by atoms with Crippen LogP contribution in [0.15, 0.2) is 54.6 Å². The van der Waals surface area contributed by atoms with Crippen LogP contribution in [0.4, 0.5) is 0 Å². The summed E-state index contributed by atoms with van der Waals surface area (Å²) < 4.78 is 5.84. The van der Waals surface area contributed by atoms with Crippen LogP contribution in [0.3, 0.4) is 0 Å². The van der Waals surface area contributed by atoms with Crippen LogP contribution in [0.2, 0.25) is 0 Å². The third-order valence-corrected chi connectivity index (χ3v) is 3.49. The first-order valence-corrected chi connectivity index (χ1v) is 7.07. The third-order valence-electron chi connectivity index (χ3n) is 3.49. The molecule has 20 heavy (non-hydrogen) atoms. The van der Waals surface area contributed by atoms with E-state index in [9.17, 15) is 0 Å². The molecule has 0 saturated heterocycles. The number of aryl methyl sites for hydroxylation is 1. The van der Waals surface area contributed by atoms with Crippen LogP contribution >= 0.6 is 0 Å². The van der Waals surface area contributed by atoms with Crippen molar-refractivity contribution in [3.63, 3.8) is 0 Å². The molecular weight excluding hydrogens is 246 g/mol. The van der Waals surface area contributed by atoms with Gasteiger partial charge in [0.1, 0.15) is 5.75 Å². The van der Waals surface area contributed by atoms with Gasteiger partial charge in [0.2, 0.25) is 0 Å². The Kier molecular flexibility index (Phi) is 5.19. The number of hydrogen-bond donors (Lipinski definition) is 0. The molecule has 2 rings (SSSR count). The van der Waals surface area contributed by atoms with E-state index in [2.05, 4.69) is 68.4 Å². The third kappa shape index (κ3) is 4.10. The summed E-state index contributed by atoms with van der Waals surface area (Å²) >= 11 is 0. The topological polar surface area (TPSA) is 12.5 Å². The lowest BCUT2D eigenvalue weighted by Gasteiger charge is -2.24. The van der Waals surface area contributed by atoms with Gasteiger partial charge in [0.15, 0.2) is 0 Å². The molecule has 1 atom stereocenters. The second-order valence-corrected chi connectivity index (χ2v) is 5.34. The van der Waals surface area contributed by atoms with Crippen LogP contribution in [0.5, 0.6) is 5.75 Å². The molecule has 0 N–H and O–H groups in total. The predicted octanol–water partition coefficient (Wildman–Crippen LogP) is 4.07. The van der Waals surface area contributed by atoms with Crippen LogP contribution in [0, 0.1) is 6.92 Å². The van der Waals surface area contributed by atoms with Gasteiger partial charge in [-0.15, -0.1) is 0 Å². The van der Waals surface area contributed by atoms with Crippen LogP contribution in [-0.2, 0) is 0 Å². The quantitative estimate of drug-likeness (QED) is 0.784. The summed E-state index contributed by atoms with van der Waals surface area (Å²) in [4.78, 5) is 2.24.